The van der Waals surface area contributed by atoms with Crippen LogP contribution in [0.4, 0.5) is 0 Å². The standard InChI is InChI=1S/C35H46N2O4/c1-4-21-37-23-20-34-31-27-16-17-29(40-25(3)38)32(31)41-33(34)28(18-19-35(34,39)30(37)24-27)36(5-2)22-12-7-6-9-13-26-14-10-8-11-15-26/h4,8,10-11,14-17,28,30,33,39H,1,5-7,9,12-13,18-24H2,2-3H3/t28-,30+,33-,34-,35+/m0/s1. The first-order valence-electron chi connectivity index (χ1n) is 15.8. The molecule has 2 bridgehead atoms. The summed E-state index contributed by atoms with van der Waals surface area (Å²) in [5, 5.41) is 12.7. The van der Waals surface area contributed by atoms with Gasteiger partial charge in [0.1, 0.15) is 6.10 Å². The first kappa shape index (κ1) is 28.4. The number of piperidine rings is 1. The smallest absolute Gasteiger partial charge is 0.308 e. The summed E-state index contributed by atoms with van der Waals surface area (Å²) in [5.41, 5.74) is 2.37. The Morgan fingerprint density at radius 2 is 1.98 bits per heavy atom. The molecule has 0 amide bonds. The van der Waals surface area contributed by atoms with E-state index in [0.29, 0.717) is 11.5 Å². The summed E-state index contributed by atoms with van der Waals surface area (Å²) in [5.74, 6) is 0.844. The number of aryl methyl sites for hydroxylation is 1. The topological polar surface area (TPSA) is 62.2 Å². The molecule has 1 spiro atoms. The Morgan fingerprint density at radius 3 is 2.73 bits per heavy atom. The Hall–Kier alpha value is -2.67. The van der Waals surface area contributed by atoms with Crippen molar-refractivity contribution in [2.45, 2.75) is 101 Å². The van der Waals surface area contributed by atoms with E-state index in [4.69, 9.17) is 9.47 Å². The minimum atomic E-state index is -0.890. The highest BCUT2D eigenvalue weighted by atomic mass is 16.6. The number of benzene rings is 2. The fraction of sp³-hybridized carbons (Fsp3) is 0.571. The number of carbonyl (C=O) groups is 1. The largest absolute Gasteiger partial charge is 0.483 e. The van der Waals surface area contributed by atoms with Crippen LogP contribution in [0.5, 0.6) is 11.5 Å². The predicted molar refractivity (Wildman–Crippen MR) is 162 cm³/mol. The number of rotatable bonds is 12. The Kier molecular flexibility index (Phi) is 8.01. The van der Waals surface area contributed by atoms with E-state index in [1.807, 2.05) is 12.1 Å². The van der Waals surface area contributed by atoms with Crippen molar-refractivity contribution < 1.29 is 19.4 Å². The van der Waals surface area contributed by atoms with Gasteiger partial charge in [-0.2, -0.15) is 0 Å². The molecular weight excluding hydrogens is 512 g/mol. The van der Waals surface area contributed by atoms with Crippen LogP contribution >= 0.6 is 0 Å². The van der Waals surface area contributed by atoms with E-state index in [1.165, 1.54) is 37.3 Å². The van der Waals surface area contributed by atoms with Crippen molar-refractivity contribution >= 4 is 5.97 Å². The minimum Gasteiger partial charge on any atom is -0.483 e. The summed E-state index contributed by atoms with van der Waals surface area (Å²) in [4.78, 5) is 17.0. The maximum Gasteiger partial charge on any atom is 0.308 e. The van der Waals surface area contributed by atoms with Crippen LogP contribution in [0.2, 0.25) is 0 Å². The summed E-state index contributed by atoms with van der Waals surface area (Å²) in [6, 6.07) is 15.0. The van der Waals surface area contributed by atoms with Gasteiger partial charge in [0.05, 0.1) is 11.0 Å². The van der Waals surface area contributed by atoms with Gasteiger partial charge >= 0.3 is 5.97 Å². The lowest BCUT2D eigenvalue weighted by molar-refractivity contribution is -0.198. The van der Waals surface area contributed by atoms with Crippen LogP contribution in [0.15, 0.2) is 55.1 Å². The van der Waals surface area contributed by atoms with E-state index < -0.39 is 11.0 Å². The zero-order chi connectivity index (χ0) is 28.6. The van der Waals surface area contributed by atoms with Crippen molar-refractivity contribution in [3.05, 3.63) is 71.8 Å². The van der Waals surface area contributed by atoms with Crippen LogP contribution in [0.25, 0.3) is 0 Å². The molecule has 6 nitrogen and oxygen atoms in total. The molecule has 4 aliphatic rings. The molecule has 6 heteroatoms. The van der Waals surface area contributed by atoms with Gasteiger partial charge < -0.3 is 14.6 Å². The molecule has 0 unspecified atom stereocenters. The van der Waals surface area contributed by atoms with Gasteiger partial charge in [-0.1, -0.05) is 62.2 Å². The second-order valence-corrected chi connectivity index (χ2v) is 12.6. The number of likely N-dealkylation sites (tertiary alicyclic amines) is 1. The van der Waals surface area contributed by atoms with Crippen LogP contribution in [0.1, 0.15) is 75.5 Å². The molecule has 1 saturated carbocycles. The summed E-state index contributed by atoms with van der Waals surface area (Å²) >= 11 is 0. The van der Waals surface area contributed by atoms with E-state index in [1.54, 1.807) is 0 Å². The molecule has 1 saturated heterocycles. The number of aliphatic hydroxyl groups is 1. The second kappa shape index (κ2) is 11.5. The van der Waals surface area contributed by atoms with Crippen LogP contribution in [-0.4, -0.2) is 70.8 Å². The molecule has 2 fully saturated rings. The second-order valence-electron chi connectivity index (χ2n) is 12.6. The lowest BCUT2D eigenvalue weighted by Crippen LogP contribution is -2.78. The van der Waals surface area contributed by atoms with E-state index in [-0.39, 0.29) is 24.2 Å². The number of ether oxygens (including phenoxy) is 2. The van der Waals surface area contributed by atoms with Gasteiger partial charge in [0, 0.05) is 31.1 Å². The zero-order valence-corrected chi connectivity index (χ0v) is 24.8. The van der Waals surface area contributed by atoms with Crippen molar-refractivity contribution in [3.8, 4) is 11.5 Å². The van der Waals surface area contributed by atoms with Crippen LogP contribution in [0, 0.1) is 0 Å². The van der Waals surface area contributed by atoms with Gasteiger partial charge in [-0.05, 0) is 81.8 Å². The number of hydrogen-bond donors (Lipinski definition) is 1. The fourth-order valence-corrected chi connectivity index (χ4v) is 8.79. The van der Waals surface area contributed by atoms with Gasteiger partial charge in [-0.15, -0.1) is 6.58 Å². The first-order valence-corrected chi connectivity index (χ1v) is 15.8. The Balaban J connectivity index is 1.24. The zero-order valence-electron chi connectivity index (χ0n) is 24.8. The molecule has 2 heterocycles. The van der Waals surface area contributed by atoms with Crippen molar-refractivity contribution in [1.29, 1.82) is 0 Å². The number of carbonyl (C=O) groups excluding carboxylic acids is 1. The molecule has 6 rings (SSSR count). The summed E-state index contributed by atoms with van der Waals surface area (Å²) in [7, 11) is 0. The lowest BCUT2D eigenvalue weighted by atomic mass is 9.48. The number of likely N-dealkylation sites (N-methyl/N-ethyl adjacent to an activating group) is 1. The predicted octanol–water partition coefficient (Wildman–Crippen LogP) is 5.45. The van der Waals surface area contributed by atoms with Crippen LogP contribution in [0.3, 0.4) is 0 Å². The molecule has 2 aromatic rings. The first-order chi connectivity index (χ1) is 19.9. The number of esters is 1. The summed E-state index contributed by atoms with van der Waals surface area (Å²) < 4.78 is 12.6. The SMILES string of the molecule is C=CCN1CC[C@]23c4c5ccc(OC(C)=O)c4O[C@H]2[C@@H](N(CC)CCCCCCc2ccccc2)CC[C@@]3(O)[C@H]1C5. The van der Waals surface area contributed by atoms with Gasteiger partial charge in [0.2, 0.25) is 0 Å². The lowest BCUT2D eigenvalue weighted by Gasteiger charge is -2.64. The quantitative estimate of drug-likeness (QED) is 0.162. The van der Waals surface area contributed by atoms with Gasteiger partial charge in [0.25, 0.3) is 0 Å². The number of unbranched alkanes of at least 4 members (excludes halogenated alkanes) is 3. The highest BCUT2D eigenvalue weighted by Crippen LogP contribution is 2.66. The highest BCUT2D eigenvalue weighted by Gasteiger charge is 2.73. The molecule has 2 aromatic carbocycles. The Labute approximate surface area is 245 Å². The highest BCUT2D eigenvalue weighted by molar-refractivity contribution is 5.72. The molecule has 1 N–H and O–H groups in total. The molecule has 220 valence electrons. The van der Waals surface area contributed by atoms with Gasteiger partial charge in [-0.25, -0.2) is 0 Å². The van der Waals surface area contributed by atoms with Gasteiger partial charge in [-0.3, -0.25) is 14.6 Å². The normalized spacial score (nSPS) is 29.6. The number of nitrogens with zero attached hydrogens (tertiary/aromatic N) is 2. The third-order valence-electron chi connectivity index (χ3n) is 10.5. The van der Waals surface area contributed by atoms with Crippen molar-refractivity contribution in [2.75, 3.05) is 26.2 Å². The minimum absolute atomic E-state index is 0.0269. The summed E-state index contributed by atoms with van der Waals surface area (Å²) in [6.07, 6.45) is 11.0. The van der Waals surface area contributed by atoms with Crippen LogP contribution in [-0.2, 0) is 23.1 Å². The molecule has 0 radical (unpaired) electrons. The van der Waals surface area contributed by atoms with Crippen molar-refractivity contribution in [2.24, 2.45) is 0 Å². The van der Waals surface area contributed by atoms with Gasteiger partial charge in [0.15, 0.2) is 11.5 Å². The van der Waals surface area contributed by atoms with Crippen LogP contribution < -0.4 is 9.47 Å². The Morgan fingerprint density at radius 1 is 1.17 bits per heavy atom. The molecular formula is C35H46N2O4. The molecule has 2 aliphatic carbocycles. The summed E-state index contributed by atoms with van der Waals surface area (Å²) in [6.45, 7) is 11.4. The molecule has 0 aromatic heterocycles. The van der Waals surface area contributed by atoms with Crippen molar-refractivity contribution in [3.63, 3.8) is 0 Å². The van der Waals surface area contributed by atoms with E-state index in [2.05, 4.69) is 59.7 Å². The monoisotopic (exact) mass is 558 g/mol. The maximum atomic E-state index is 12.7. The average Bonchev–Trinajstić information content (AvgIpc) is 3.32. The van der Waals surface area contributed by atoms with E-state index in [0.717, 1.165) is 70.3 Å². The number of hydrogen-bond acceptors (Lipinski definition) is 6. The van der Waals surface area contributed by atoms with E-state index >= 15 is 0 Å². The Bertz CT molecular complexity index is 1260. The molecule has 41 heavy (non-hydrogen) atoms. The third-order valence-corrected chi connectivity index (χ3v) is 10.5. The fourth-order valence-electron chi connectivity index (χ4n) is 8.79. The molecule has 2 aliphatic heterocycles. The average molecular weight is 559 g/mol. The van der Waals surface area contributed by atoms with E-state index in [9.17, 15) is 9.90 Å². The molecule has 5 atom stereocenters. The van der Waals surface area contributed by atoms with Crippen molar-refractivity contribution in [1.82, 2.24) is 9.80 Å². The maximum absolute atomic E-state index is 12.7. The third kappa shape index (κ3) is 4.72.